The molecule has 0 radical (unpaired) electrons. The Morgan fingerprint density at radius 2 is 1.78 bits per heavy atom. The number of alkyl halides is 3. The number of aliphatic imine (C=N–C) groups is 1. The molecule has 5 rings (SSSR count). The van der Waals surface area contributed by atoms with Gasteiger partial charge < -0.3 is 10.4 Å². The molecule has 6 nitrogen and oxygen atoms in total. The minimum atomic E-state index is -4.56. The van der Waals surface area contributed by atoms with Crippen LogP contribution in [0.2, 0.25) is 0 Å². The van der Waals surface area contributed by atoms with E-state index in [2.05, 4.69) is 20.3 Å². The number of fused-ring (bicyclic) bond motifs is 3. The average molecular weight is 509 g/mol. The number of nitrogens with one attached hydrogen (secondary N) is 1. The van der Waals surface area contributed by atoms with E-state index in [1.54, 1.807) is 24.4 Å². The summed E-state index contributed by atoms with van der Waals surface area (Å²) in [4.78, 5) is 24.2. The van der Waals surface area contributed by atoms with E-state index in [4.69, 9.17) is 16.7 Å². The van der Waals surface area contributed by atoms with Gasteiger partial charge in [0.2, 0.25) is 5.95 Å². The van der Waals surface area contributed by atoms with Crippen molar-refractivity contribution >= 4 is 45.5 Å². The fraction of sp³-hybridized carbons (Fsp3) is 0.0769. The highest BCUT2D eigenvalue weighted by Crippen LogP contribution is 2.44. The van der Waals surface area contributed by atoms with Crippen LogP contribution in [-0.2, 0) is 12.6 Å². The van der Waals surface area contributed by atoms with Crippen molar-refractivity contribution in [1.29, 1.82) is 0 Å². The summed E-state index contributed by atoms with van der Waals surface area (Å²) in [6.45, 7) is 0. The first-order chi connectivity index (χ1) is 17.2. The van der Waals surface area contributed by atoms with Crippen LogP contribution in [0.3, 0.4) is 0 Å². The molecule has 36 heavy (non-hydrogen) atoms. The quantitative estimate of drug-likeness (QED) is 0.420. The number of aromatic carboxylic acids is 1. The normalized spacial score (nSPS) is 14.9. The lowest BCUT2D eigenvalue weighted by Crippen LogP contribution is -2.12. The van der Waals surface area contributed by atoms with E-state index in [0.717, 1.165) is 11.6 Å². The second-order valence-corrected chi connectivity index (χ2v) is 8.38. The fourth-order valence-corrected chi connectivity index (χ4v) is 4.22. The number of carboxylic acid groups (broad SMARTS) is 1. The zero-order valence-corrected chi connectivity index (χ0v) is 19.1. The van der Waals surface area contributed by atoms with E-state index in [9.17, 15) is 18.0 Å². The molecule has 0 saturated carbocycles. The van der Waals surface area contributed by atoms with Crippen LogP contribution >= 0.6 is 11.6 Å². The summed E-state index contributed by atoms with van der Waals surface area (Å²) in [7, 11) is 0. The Morgan fingerprint density at radius 3 is 2.50 bits per heavy atom. The molecule has 2 aromatic carbocycles. The Labute approximate surface area is 208 Å². The SMILES string of the molecule is O=C(O)c1ccc(Nc2ncc3c(n2)C2=CN=C(Cl)C=C(c4ccccc4C(F)(F)F)C2=CC3)cc1. The van der Waals surface area contributed by atoms with Crippen molar-refractivity contribution in [2.45, 2.75) is 12.6 Å². The van der Waals surface area contributed by atoms with Crippen molar-refractivity contribution in [3.05, 3.63) is 107 Å². The minimum absolute atomic E-state index is 0.00762. The van der Waals surface area contributed by atoms with Crippen LogP contribution in [-0.4, -0.2) is 26.2 Å². The van der Waals surface area contributed by atoms with Crippen LogP contribution in [0.15, 0.2) is 83.6 Å². The first kappa shape index (κ1) is 23.5. The van der Waals surface area contributed by atoms with Crippen LogP contribution in [0.1, 0.15) is 32.7 Å². The van der Waals surface area contributed by atoms with Gasteiger partial charge >= 0.3 is 12.1 Å². The summed E-state index contributed by atoms with van der Waals surface area (Å²) in [5.74, 6) is -0.805. The van der Waals surface area contributed by atoms with E-state index in [0.29, 0.717) is 34.5 Å². The number of hydrogen-bond donors (Lipinski definition) is 2. The fourth-order valence-electron chi connectivity index (χ4n) is 4.06. The Kier molecular flexibility index (Phi) is 5.93. The maximum absolute atomic E-state index is 13.8. The number of carboxylic acids is 1. The second-order valence-electron chi connectivity index (χ2n) is 7.99. The van der Waals surface area contributed by atoms with Gasteiger partial charge in [-0.25, -0.2) is 19.8 Å². The molecule has 1 aliphatic heterocycles. The number of rotatable bonds is 4. The van der Waals surface area contributed by atoms with Gasteiger partial charge in [0, 0.05) is 29.2 Å². The molecule has 1 aliphatic carbocycles. The van der Waals surface area contributed by atoms with Crippen molar-refractivity contribution in [2.75, 3.05) is 5.32 Å². The number of hydrogen-bond acceptors (Lipinski definition) is 5. The number of benzene rings is 2. The molecule has 0 fully saturated rings. The molecule has 3 aromatic rings. The molecule has 0 saturated heterocycles. The largest absolute Gasteiger partial charge is 0.478 e. The van der Waals surface area contributed by atoms with Gasteiger partial charge in [-0.2, -0.15) is 13.2 Å². The number of allylic oxidation sites excluding steroid dienone is 5. The standard InChI is InChI=1S/C26H16ClF3N4O2/c27-22-11-19(18-3-1-2-4-21(18)26(28,29)30)17-10-7-15-12-32-25(34-23(15)20(17)13-31-22)33-16-8-5-14(6-9-16)24(35)36/h1-6,8-13H,7H2,(H,35,36)(H,32,33,34). The van der Waals surface area contributed by atoms with E-state index < -0.39 is 17.7 Å². The van der Waals surface area contributed by atoms with E-state index >= 15 is 0 Å². The molecular weight excluding hydrogens is 493 g/mol. The molecule has 0 atom stereocenters. The summed E-state index contributed by atoms with van der Waals surface area (Å²) in [6.07, 6.45) is 2.21. The van der Waals surface area contributed by atoms with Crippen LogP contribution in [0, 0.1) is 0 Å². The van der Waals surface area contributed by atoms with Crippen molar-refractivity contribution in [3.63, 3.8) is 0 Å². The smallest absolute Gasteiger partial charge is 0.417 e. The molecular formula is C26H16ClF3N4O2. The Bertz CT molecular complexity index is 1510. The third kappa shape index (κ3) is 4.52. The molecule has 2 heterocycles. The van der Waals surface area contributed by atoms with Crippen LogP contribution in [0.4, 0.5) is 24.8 Å². The molecule has 0 spiro atoms. The molecule has 0 bridgehead atoms. The summed E-state index contributed by atoms with van der Waals surface area (Å²) < 4.78 is 41.4. The van der Waals surface area contributed by atoms with Crippen molar-refractivity contribution in [3.8, 4) is 0 Å². The number of carbonyl (C=O) groups is 1. The molecule has 0 amide bonds. The van der Waals surface area contributed by atoms with Gasteiger partial charge in [0.15, 0.2) is 0 Å². The van der Waals surface area contributed by atoms with Crippen molar-refractivity contribution < 1.29 is 23.1 Å². The van der Waals surface area contributed by atoms with Gasteiger partial charge in [0.05, 0.1) is 16.8 Å². The van der Waals surface area contributed by atoms with Crippen molar-refractivity contribution in [1.82, 2.24) is 9.97 Å². The molecule has 10 heteroatoms. The predicted octanol–water partition coefficient (Wildman–Crippen LogP) is 6.50. The Morgan fingerprint density at radius 1 is 1.03 bits per heavy atom. The highest BCUT2D eigenvalue weighted by molar-refractivity contribution is 6.69. The number of nitrogens with zero attached hydrogens (tertiary/aromatic N) is 3. The van der Waals surface area contributed by atoms with Gasteiger partial charge in [-0.1, -0.05) is 35.9 Å². The minimum Gasteiger partial charge on any atom is -0.478 e. The lowest BCUT2D eigenvalue weighted by Gasteiger charge is -2.23. The monoisotopic (exact) mass is 508 g/mol. The second kappa shape index (κ2) is 9.09. The number of aromatic nitrogens is 2. The summed E-state index contributed by atoms with van der Waals surface area (Å²) in [6, 6.07) is 11.4. The Balaban J connectivity index is 1.54. The van der Waals surface area contributed by atoms with Crippen molar-refractivity contribution in [2.24, 2.45) is 4.99 Å². The van der Waals surface area contributed by atoms with Gasteiger partial charge in [-0.05, 0) is 59.5 Å². The topological polar surface area (TPSA) is 87.5 Å². The highest BCUT2D eigenvalue weighted by atomic mass is 35.5. The summed E-state index contributed by atoms with van der Waals surface area (Å²) in [5, 5.41) is 12.1. The van der Waals surface area contributed by atoms with Gasteiger partial charge in [-0.3, -0.25) is 0 Å². The third-order valence-corrected chi connectivity index (χ3v) is 5.92. The lowest BCUT2D eigenvalue weighted by atomic mass is 9.83. The summed E-state index contributed by atoms with van der Waals surface area (Å²) >= 11 is 6.23. The van der Waals surface area contributed by atoms with Crippen LogP contribution in [0.25, 0.3) is 11.1 Å². The zero-order valence-electron chi connectivity index (χ0n) is 18.3. The molecule has 1 aromatic heterocycles. The number of halogens is 4. The average Bonchev–Trinajstić information content (AvgIpc) is 3.03. The Hall–Kier alpha value is -4.24. The van der Waals surface area contributed by atoms with Gasteiger partial charge in [-0.15, -0.1) is 0 Å². The molecule has 180 valence electrons. The molecule has 0 unspecified atom stereocenters. The molecule has 2 N–H and O–H groups in total. The third-order valence-electron chi connectivity index (χ3n) is 5.72. The number of anilines is 2. The van der Waals surface area contributed by atoms with Gasteiger partial charge in [0.25, 0.3) is 0 Å². The lowest BCUT2D eigenvalue weighted by molar-refractivity contribution is -0.137. The maximum atomic E-state index is 13.8. The predicted molar refractivity (Wildman–Crippen MR) is 131 cm³/mol. The van der Waals surface area contributed by atoms with E-state index in [-0.39, 0.29) is 22.2 Å². The summed E-state index contributed by atoms with van der Waals surface area (Å²) in [5.41, 5.74) is 2.56. The highest BCUT2D eigenvalue weighted by Gasteiger charge is 2.35. The van der Waals surface area contributed by atoms with Crippen LogP contribution < -0.4 is 5.32 Å². The van der Waals surface area contributed by atoms with E-state index in [1.807, 2.05) is 6.08 Å². The zero-order chi connectivity index (χ0) is 25.4. The first-order valence-corrected chi connectivity index (χ1v) is 11.1. The van der Waals surface area contributed by atoms with Gasteiger partial charge in [0.1, 0.15) is 5.17 Å². The van der Waals surface area contributed by atoms with Crippen LogP contribution in [0.5, 0.6) is 0 Å². The van der Waals surface area contributed by atoms with E-state index in [1.165, 1.54) is 36.5 Å². The molecule has 2 aliphatic rings. The maximum Gasteiger partial charge on any atom is 0.417 e. The first-order valence-electron chi connectivity index (χ1n) is 10.7.